The van der Waals surface area contributed by atoms with Gasteiger partial charge in [0.25, 0.3) is 11.1 Å². The Morgan fingerprint density at radius 3 is 2.61 bits per heavy atom. The lowest BCUT2D eigenvalue weighted by Crippen LogP contribution is -2.46. The molecule has 2 fully saturated rings. The number of nitrogens with zero attached hydrogens (tertiary/aromatic N) is 2. The fraction of sp³-hybridized carbons (Fsp3) is 0.320. The van der Waals surface area contributed by atoms with Gasteiger partial charge < -0.3 is 19.1 Å². The molecule has 2 aliphatic heterocycles. The zero-order chi connectivity index (χ0) is 25.7. The monoisotopic (exact) mass is 594 g/mol. The van der Waals surface area contributed by atoms with E-state index in [1.807, 2.05) is 25.1 Å². The molecular formula is C25H24BrClN2O6S. The number of hydrogen-bond donors (Lipinski definition) is 0. The minimum Gasteiger partial charge on any atom is -0.490 e. The standard InChI is InChI=1S/C25H24BrClN2O6S/c1-2-34-20-11-17(18(26)13-21(20)35-15-16-5-3-4-6-19(16)27)12-22-24(31)29(25(32)36-22)14-23(30)28-7-9-33-10-8-28/h3-6,11-13H,2,7-10,14-15H2,1H3/b22-12+. The molecule has 0 radical (unpaired) electrons. The third kappa shape index (κ3) is 6.23. The van der Waals surface area contributed by atoms with Gasteiger partial charge in [-0.2, -0.15) is 0 Å². The van der Waals surface area contributed by atoms with Crippen LogP contribution in [0.3, 0.4) is 0 Å². The molecule has 2 aromatic carbocycles. The number of halogens is 2. The second kappa shape index (κ2) is 12.1. The highest BCUT2D eigenvalue weighted by molar-refractivity contribution is 9.10. The highest BCUT2D eigenvalue weighted by Crippen LogP contribution is 2.38. The Balaban J connectivity index is 1.51. The van der Waals surface area contributed by atoms with Crippen molar-refractivity contribution in [1.29, 1.82) is 0 Å². The molecule has 2 aliphatic rings. The molecule has 0 spiro atoms. The van der Waals surface area contributed by atoms with Crippen LogP contribution in [0.4, 0.5) is 4.79 Å². The maximum Gasteiger partial charge on any atom is 0.294 e. The van der Waals surface area contributed by atoms with E-state index >= 15 is 0 Å². The predicted molar refractivity (Wildman–Crippen MR) is 141 cm³/mol. The summed E-state index contributed by atoms with van der Waals surface area (Å²) in [4.78, 5) is 40.8. The van der Waals surface area contributed by atoms with Crippen LogP contribution in [0.5, 0.6) is 11.5 Å². The van der Waals surface area contributed by atoms with E-state index < -0.39 is 11.1 Å². The zero-order valence-electron chi connectivity index (χ0n) is 19.5. The fourth-order valence-electron chi connectivity index (χ4n) is 3.64. The van der Waals surface area contributed by atoms with E-state index in [0.717, 1.165) is 22.2 Å². The number of rotatable bonds is 8. The summed E-state index contributed by atoms with van der Waals surface area (Å²) < 4.78 is 17.6. The molecule has 0 aliphatic carbocycles. The molecule has 8 nitrogen and oxygen atoms in total. The lowest BCUT2D eigenvalue weighted by Gasteiger charge is -2.28. The number of ether oxygens (including phenoxy) is 3. The van der Waals surface area contributed by atoms with Crippen molar-refractivity contribution in [3.63, 3.8) is 0 Å². The Bertz CT molecular complexity index is 1200. The lowest BCUT2D eigenvalue weighted by molar-refractivity contribution is -0.139. The van der Waals surface area contributed by atoms with E-state index in [4.69, 9.17) is 25.8 Å². The number of thioether (sulfide) groups is 1. The number of carbonyl (C=O) groups excluding carboxylic acids is 3. The summed E-state index contributed by atoms with van der Waals surface area (Å²) in [5.41, 5.74) is 1.47. The van der Waals surface area contributed by atoms with Crippen molar-refractivity contribution in [2.45, 2.75) is 13.5 Å². The molecule has 190 valence electrons. The van der Waals surface area contributed by atoms with Gasteiger partial charge in [-0.1, -0.05) is 45.7 Å². The van der Waals surface area contributed by atoms with Crippen LogP contribution in [-0.2, 0) is 20.9 Å². The van der Waals surface area contributed by atoms with Gasteiger partial charge in [-0.25, -0.2) is 0 Å². The van der Waals surface area contributed by atoms with Crippen molar-refractivity contribution >= 4 is 62.4 Å². The molecule has 2 saturated heterocycles. The first-order chi connectivity index (χ1) is 17.4. The average molecular weight is 596 g/mol. The van der Waals surface area contributed by atoms with Gasteiger partial charge in [0, 0.05) is 28.1 Å². The third-order valence-corrected chi connectivity index (χ3v) is 7.48. The van der Waals surface area contributed by atoms with E-state index in [1.54, 1.807) is 29.2 Å². The van der Waals surface area contributed by atoms with Crippen LogP contribution in [0.15, 0.2) is 45.8 Å². The van der Waals surface area contributed by atoms with Gasteiger partial charge >= 0.3 is 0 Å². The first kappa shape index (κ1) is 26.5. The Kier molecular flexibility index (Phi) is 8.95. The quantitative estimate of drug-likeness (QED) is 0.398. The Morgan fingerprint density at radius 1 is 1.17 bits per heavy atom. The molecule has 0 N–H and O–H groups in total. The zero-order valence-corrected chi connectivity index (χ0v) is 22.7. The van der Waals surface area contributed by atoms with Crippen LogP contribution in [0.1, 0.15) is 18.1 Å². The summed E-state index contributed by atoms with van der Waals surface area (Å²) in [7, 11) is 0. The normalized spacial score (nSPS) is 17.1. The van der Waals surface area contributed by atoms with Gasteiger partial charge in [-0.3, -0.25) is 19.3 Å². The second-order valence-corrected chi connectivity index (χ2v) is 10.1. The summed E-state index contributed by atoms with van der Waals surface area (Å²) in [6.45, 7) is 4.01. The first-order valence-corrected chi connectivity index (χ1v) is 13.3. The van der Waals surface area contributed by atoms with Gasteiger partial charge in [0.1, 0.15) is 13.2 Å². The minimum atomic E-state index is -0.504. The third-order valence-electron chi connectivity index (χ3n) is 5.52. The summed E-state index contributed by atoms with van der Waals surface area (Å²) in [6, 6.07) is 10.9. The Hall–Kier alpha value is -2.53. The maximum atomic E-state index is 13.0. The Labute approximate surface area is 226 Å². The van der Waals surface area contributed by atoms with Crippen molar-refractivity contribution in [1.82, 2.24) is 9.80 Å². The molecule has 36 heavy (non-hydrogen) atoms. The van der Waals surface area contributed by atoms with Crippen molar-refractivity contribution in [3.8, 4) is 11.5 Å². The van der Waals surface area contributed by atoms with E-state index in [1.165, 1.54) is 0 Å². The van der Waals surface area contributed by atoms with Gasteiger partial charge in [-0.15, -0.1) is 0 Å². The van der Waals surface area contributed by atoms with Crippen molar-refractivity contribution in [3.05, 3.63) is 61.9 Å². The summed E-state index contributed by atoms with van der Waals surface area (Å²) in [5, 5.41) is 0.127. The molecule has 0 saturated carbocycles. The minimum absolute atomic E-state index is 0.225. The summed E-state index contributed by atoms with van der Waals surface area (Å²) in [6.07, 6.45) is 1.61. The molecule has 0 atom stereocenters. The fourth-order valence-corrected chi connectivity index (χ4v) is 5.10. The smallest absolute Gasteiger partial charge is 0.294 e. The van der Waals surface area contributed by atoms with Crippen LogP contribution in [0.25, 0.3) is 6.08 Å². The number of benzene rings is 2. The largest absolute Gasteiger partial charge is 0.490 e. The highest BCUT2D eigenvalue weighted by atomic mass is 79.9. The number of amides is 3. The van der Waals surface area contributed by atoms with Gasteiger partial charge in [-0.05, 0) is 48.5 Å². The number of morpholine rings is 1. The van der Waals surface area contributed by atoms with Crippen LogP contribution in [0.2, 0.25) is 5.02 Å². The average Bonchev–Trinajstić information content (AvgIpc) is 3.13. The molecule has 11 heteroatoms. The summed E-state index contributed by atoms with van der Waals surface area (Å²) in [5.74, 6) is 0.211. The van der Waals surface area contributed by atoms with Crippen molar-refractivity contribution in [2.24, 2.45) is 0 Å². The highest BCUT2D eigenvalue weighted by Gasteiger charge is 2.37. The summed E-state index contributed by atoms with van der Waals surface area (Å²) >= 11 is 10.6. The van der Waals surface area contributed by atoms with E-state index in [9.17, 15) is 14.4 Å². The van der Waals surface area contributed by atoms with E-state index in [2.05, 4.69) is 15.9 Å². The van der Waals surface area contributed by atoms with E-state index in [-0.39, 0.29) is 24.0 Å². The van der Waals surface area contributed by atoms with Crippen molar-refractivity contribution < 1.29 is 28.6 Å². The maximum absolute atomic E-state index is 13.0. The lowest BCUT2D eigenvalue weighted by atomic mass is 10.1. The van der Waals surface area contributed by atoms with Crippen LogP contribution in [0, 0.1) is 0 Å². The van der Waals surface area contributed by atoms with Crippen LogP contribution < -0.4 is 9.47 Å². The SMILES string of the molecule is CCOc1cc(/C=C2/SC(=O)N(CC(=O)N3CCOCC3)C2=O)c(Br)cc1OCc1ccccc1Cl. The molecule has 4 rings (SSSR count). The van der Waals surface area contributed by atoms with Crippen LogP contribution in [-0.4, -0.2) is 66.3 Å². The topological polar surface area (TPSA) is 85.4 Å². The molecule has 0 unspecified atom stereocenters. The van der Waals surface area contributed by atoms with Crippen molar-refractivity contribution in [2.75, 3.05) is 39.5 Å². The molecule has 2 heterocycles. The number of imide groups is 1. The molecular weight excluding hydrogens is 572 g/mol. The molecule has 2 aromatic rings. The molecule has 0 bridgehead atoms. The Morgan fingerprint density at radius 2 is 1.89 bits per heavy atom. The number of carbonyl (C=O) groups is 3. The van der Waals surface area contributed by atoms with Gasteiger partial charge in [0.05, 0.1) is 24.7 Å². The number of hydrogen-bond acceptors (Lipinski definition) is 7. The second-order valence-electron chi connectivity index (χ2n) is 7.89. The van der Waals surface area contributed by atoms with E-state index in [0.29, 0.717) is 59.5 Å². The van der Waals surface area contributed by atoms with Crippen LogP contribution >= 0.6 is 39.3 Å². The van der Waals surface area contributed by atoms with Gasteiger partial charge in [0.15, 0.2) is 11.5 Å². The molecule has 3 amide bonds. The predicted octanol–water partition coefficient (Wildman–Crippen LogP) is 4.98. The first-order valence-electron chi connectivity index (χ1n) is 11.3. The molecule has 0 aromatic heterocycles. The van der Waals surface area contributed by atoms with Gasteiger partial charge in [0.2, 0.25) is 5.91 Å².